The van der Waals surface area contributed by atoms with Gasteiger partial charge in [0.05, 0.1) is 11.2 Å². The lowest BCUT2D eigenvalue weighted by Crippen LogP contribution is -2.47. The van der Waals surface area contributed by atoms with Crippen LogP contribution in [0.15, 0.2) is 24.3 Å². The van der Waals surface area contributed by atoms with Gasteiger partial charge in [-0.3, -0.25) is 4.90 Å². The summed E-state index contributed by atoms with van der Waals surface area (Å²) in [6, 6.07) is 9.63. The summed E-state index contributed by atoms with van der Waals surface area (Å²) in [6.07, 6.45) is 2.81. The van der Waals surface area contributed by atoms with Crippen molar-refractivity contribution >= 4 is 18.3 Å². The maximum atomic E-state index is 6.14. The van der Waals surface area contributed by atoms with Crippen molar-refractivity contribution in [2.45, 2.75) is 57.8 Å². The molecular weight excluding hydrogens is 299 g/mol. The molecule has 1 aromatic rings. The van der Waals surface area contributed by atoms with Crippen molar-refractivity contribution in [1.29, 1.82) is 0 Å². The number of piperazine rings is 1. The van der Waals surface area contributed by atoms with Crippen molar-refractivity contribution in [3.8, 4) is 0 Å². The average molecular weight is 328 g/mol. The lowest BCUT2D eigenvalue weighted by Gasteiger charge is -2.36. The number of nitrogens with zero attached hydrogens (tertiary/aromatic N) is 2. The van der Waals surface area contributed by atoms with Gasteiger partial charge in [0.2, 0.25) is 0 Å². The standard InChI is InChI=1S/C19H29BN2O2/c1-18(2)19(3,4)24-20(23-18)15-5-7-16(8-6-15)21-11-13-22(14-12-21)17-9-10-17/h5-8,17H,9-14H2,1-4H3. The van der Waals surface area contributed by atoms with Crippen LogP contribution in [0.2, 0.25) is 0 Å². The van der Waals surface area contributed by atoms with Crippen molar-refractivity contribution < 1.29 is 9.31 Å². The third-order valence-electron chi connectivity index (χ3n) is 6.16. The van der Waals surface area contributed by atoms with Crippen LogP contribution in [0.4, 0.5) is 5.69 Å². The van der Waals surface area contributed by atoms with E-state index >= 15 is 0 Å². The molecule has 0 N–H and O–H groups in total. The minimum absolute atomic E-state index is 0.268. The Morgan fingerprint density at radius 1 is 0.875 bits per heavy atom. The van der Waals surface area contributed by atoms with Crippen LogP contribution < -0.4 is 10.4 Å². The maximum Gasteiger partial charge on any atom is 0.494 e. The van der Waals surface area contributed by atoms with Gasteiger partial charge in [-0.25, -0.2) is 0 Å². The zero-order valence-corrected chi connectivity index (χ0v) is 15.4. The van der Waals surface area contributed by atoms with Gasteiger partial charge in [0.15, 0.2) is 0 Å². The first-order valence-corrected chi connectivity index (χ1v) is 9.30. The number of rotatable bonds is 3. The summed E-state index contributed by atoms with van der Waals surface area (Å²) in [4.78, 5) is 5.14. The largest absolute Gasteiger partial charge is 0.494 e. The normalized spacial score (nSPS) is 26.8. The van der Waals surface area contributed by atoms with Crippen LogP contribution >= 0.6 is 0 Å². The Bertz CT molecular complexity index is 574. The van der Waals surface area contributed by atoms with E-state index in [1.165, 1.54) is 31.6 Å². The Kier molecular flexibility index (Phi) is 3.94. The quantitative estimate of drug-likeness (QED) is 0.795. The fraction of sp³-hybridized carbons (Fsp3) is 0.684. The Balaban J connectivity index is 1.40. The van der Waals surface area contributed by atoms with Gasteiger partial charge in [0.1, 0.15) is 0 Å². The number of anilines is 1. The highest BCUT2D eigenvalue weighted by Crippen LogP contribution is 2.36. The Morgan fingerprint density at radius 3 is 1.92 bits per heavy atom. The van der Waals surface area contributed by atoms with Gasteiger partial charge >= 0.3 is 7.12 Å². The molecule has 24 heavy (non-hydrogen) atoms. The first kappa shape index (κ1) is 16.4. The maximum absolute atomic E-state index is 6.14. The first-order chi connectivity index (χ1) is 11.4. The molecule has 130 valence electrons. The van der Waals surface area contributed by atoms with Crippen LogP contribution in [-0.2, 0) is 9.31 Å². The molecule has 4 nitrogen and oxygen atoms in total. The highest BCUT2D eigenvalue weighted by molar-refractivity contribution is 6.62. The highest BCUT2D eigenvalue weighted by atomic mass is 16.7. The summed E-state index contributed by atoms with van der Waals surface area (Å²) < 4.78 is 12.3. The predicted octanol–water partition coefficient (Wildman–Crippen LogP) is 2.27. The van der Waals surface area contributed by atoms with Gasteiger partial charge in [0.25, 0.3) is 0 Å². The van der Waals surface area contributed by atoms with Crippen molar-refractivity contribution in [3.63, 3.8) is 0 Å². The topological polar surface area (TPSA) is 24.9 Å². The third-order valence-corrected chi connectivity index (χ3v) is 6.16. The van der Waals surface area contributed by atoms with Crippen LogP contribution in [0.3, 0.4) is 0 Å². The Morgan fingerprint density at radius 2 is 1.42 bits per heavy atom. The van der Waals surface area contributed by atoms with E-state index in [1.54, 1.807) is 0 Å². The van der Waals surface area contributed by atoms with Crippen LogP contribution in [0, 0.1) is 0 Å². The second-order valence-electron chi connectivity index (χ2n) is 8.43. The molecule has 0 amide bonds. The number of hydrogen-bond acceptors (Lipinski definition) is 4. The van der Waals surface area contributed by atoms with E-state index in [4.69, 9.17) is 9.31 Å². The summed E-state index contributed by atoms with van der Waals surface area (Å²) in [5.74, 6) is 0. The Labute approximate surface area is 146 Å². The molecule has 4 rings (SSSR count). The molecule has 1 aliphatic carbocycles. The molecule has 3 aliphatic rings. The van der Waals surface area contributed by atoms with Gasteiger partial charge in [-0.05, 0) is 58.1 Å². The molecule has 2 aliphatic heterocycles. The van der Waals surface area contributed by atoms with Gasteiger partial charge < -0.3 is 14.2 Å². The molecule has 0 bridgehead atoms. The molecule has 2 heterocycles. The average Bonchev–Trinajstić information content (AvgIpc) is 3.36. The van der Waals surface area contributed by atoms with Crippen LogP contribution in [0.1, 0.15) is 40.5 Å². The van der Waals surface area contributed by atoms with Crippen LogP contribution in [0.5, 0.6) is 0 Å². The second kappa shape index (κ2) is 5.75. The number of hydrogen-bond donors (Lipinski definition) is 0. The lowest BCUT2D eigenvalue weighted by molar-refractivity contribution is 0.00578. The molecule has 1 saturated carbocycles. The summed E-state index contributed by atoms with van der Waals surface area (Å²) in [7, 11) is -0.268. The van der Waals surface area contributed by atoms with Crippen molar-refractivity contribution in [1.82, 2.24) is 4.90 Å². The highest BCUT2D eigenvalue weighted by Gasteiger charge is 2.51. The molecule has 3 fully saturated rings. The SMILES string of the molecule is CC1(C)OB(c2ccc(N3CCN(C4CC4)CC3)cc2)OC1(C)C. The lowest BCUT2D eigenvalue weighted by atomic mass is 9.79. The van der Waals surface area contributed by atoms with E-state index in [9.17, 15) is 0 Å². The summed E-state index contributed by atoms with van der Waals surface area (Å²) in [6.45, 7) is 13.1. The van der Waals surface area contributed by atoms with Gasteiger partial charge in [0, 0.05) is 37.9 Å². The van der Waals surface area contributed by atoms with Crippen molar-refractivity contribution in [2.75, 3.05) is 31.1 Å². The monoisotopic (exact) mass is 328 g/mol. The van der Waals surface area contributed by atoms with E-state index in [1.807, 2.05) is 0 Å². The minimum atomic E-state index is -0.282. The summed E-state index contributed by atoms with van der Waals surface area (Å²) >= 11 is 0. The van der Waals surface area contributed by atoms with Crippen molar-refractivity contribution in [3.05, 3.63) is 24.3 Å². The summed E-state index contributed by atoms with van der Waals surface area (Å²) in [5.41, 5.74) is 1.85. The fourth-order valence-electron chi connectivity index (χ4n) is 3.61. The molecule has 0 atom stereocenters. The predicted molar refractivity (Wildman–Crippen MR) is 99.0 cm³/mol. The zero-order valence-electron chi connectivity index (χ0n) is 15.4. The zero-order chi connectivity index (χ0) is 16.9. The summed E-state index contributed by atoms with van der Waals surface area (Å²) in [5, 5.41) is 0. The molecule has 5 heteroatoms. The van der Waals surface area contributed by atoms with E-state index < -0.39 is 0 Å². The first-order valence-electron chi connectivity index (χ1n) is 9.30. The van der Waals surface area contributed by atoms with E-state index in [-0.39, 0.29) is 18.3 Å². The molecule has 0 spiro atoms. The molecule has 2 saturated heterocycles. The molecule has 1 aromatic carbocycles. The van der Waals surface area contributed by atoms with E-state index in [2.05, 4.69) is 61.8 Å². The Hall–Kier alpha value is -1.04. The third kappa shape index (κ3) is 2.98. The van der Waals surface area contributed by atoms with Gasteiger partial charge in [-0.2, -0.15) is 0 Å². The molecule has 0 unspecified atom stereocenters. The number of benzene rings is 1. The second-order valence-corrected chi connectivity index (χ2v) is 8.43. The van der Waals surface area contributed by atoms with Gasteiger partial charge in [-0.15, -0.1) is 0 Å². The minimum Gasteiger partial charge on any atom is -0.399 e. The van der Waals surface area contributed by atoms with Crippen LogP contribution in [0.25, 0.3) is 0 Å². The molecule has 0 radical (unpaired) electrons. The molecular formula is C19H29BN2O2. The smallest absolute Gasteiger partial charge is 0.399 e. The van der Waals surface area contributed by atoms with Gasteiger partial charge in [-0.1, -0.05) is 12.1 Å². The fourth-order valence-corrected chi connectivity index (χ4v) is 3.61. The van der Waals surface area contributed by atoms with Crippen LogP contribution in [-0.4, -0.2) is 55.4 Å². The van der Waals surface area contributed by atoms with Crippen molar-refractivity contribution in [2.24, 2.45) is 0 Å². The molecule has 0 aromatic heterocycles. The van der Waals surface area contributed by atoms with E-state index in [0.29, 0.717) is 0 Å². The van der Waals surface area contributed by atoms with E-state index in [0.717, 1.165) is 24.6 Å².